The van der Waals surface area contributed by atoms with Gasteiger partial charge in [0.1, 0.15) is 22.7 Å². The summed E-state index contributed by atoms with van der Waals surface area (Å²) < 4.78 is 10.9. The van der Waals surface area contributed by atoms with Crippen molar-refractivity contribution in [3.8, 4) is 5.75 Å². The molecule has 0 saturated carbocycles. The second-order valence-corrected chi connectivity index (χ2v) is 4.95. The van der Waals surface area contributed by atoms with E-state index in [2.05, 4.69) is 0 Å². The van der Waals surface area contributed by atoms with Crippen LogP contribution in [0, 0.1) is 0 Å². The van der Waals surface area contributed by atoms with Gasteiger partial charge in [0.15, 0.2) is 0 Å². The molecular weight excluding hydrogens is 252 g/mol. The summed E-state index contributed by atoms with van der Waals surface area (Å²) in [6.07, 6.45) is 0. The van der Waals surface area contributed by atoms with Gasteiger partial charge >= 0.3 is 0 Å². The smallest absolute Gasteiger partial charge is 0.144 e. The van der Waals surface area contributed by atoms with Crippen LogP contribution in [0.1, 0.15) is 18.2 Å². The highest BCUT2D eigenvalue weighted by molar-refractivity contribution is 5.78. The summed E-state index contributed by atoms with van der Waals surface area (Å²) in [5, 5.41) is 11.8. The first kappa shape index (κ1) is 12.8. The van der Waals surface area contributed by atoms with E-state index in [4.69, 9.17) is 9.15 Å². The quantitative estimate of drug-likeness (QED) is 0.787. The zero-order valence-electron chi connectivity index (χ0n) is 11.5. The number of ether oxygens (including phenoxy) is 1. The van der Waals surface area contributed by atoms with Gasteiger partial charge in [-0.1, -0.05) is 30.3 Å². The largest absolute Gasteiger partial charge is 0.497 e. The van der Waals surface area contributed by atoms with E-state index in [-0.39, 0.29) is 0 Å². The zero-order valence-corrected chi connectivity index (χ0v) is 11.5. The van der Waals surface area contributed by atoms with Crippen LogP contribution in [-0.2, 0) is 5.60 Å². The number of methoxy groups -OCH3 is 1. The molecule has 3 heteroatoms. The van der Waals surface area contributed by atoms with Crippen LogP contribution in [0.4, 0.5) is 0 Å². The van der Waals surface area contributed by atoms with Crippen LogP contribution in [0.25, 0.3) is 11.0 Å². The number of aliphatic hydroxyl groups is 1. The van der Waals surface area contributed by atoms with Gasteiger partial charge in [-0.15, -0.1) is 0 Å². The maximum absolute atomic E-state index is 10.8. The first-order valence-electron chi connectivity index (χ1n) is 6.47. The number of fused-ring (bicyclic) bond motifs is 1. The molecule has 2 aromatic carbocycles. The maximum Gasteiger partial charge on any atom is 0.144 e. The molecule has 1 unspecified atom stereocenters. The predicted octanol–water partition coefficient (Wildman–Crippen LogP) is 3.70. The molecule has 0 aliphatic carbocycles. The van der Waals surface area contributed by atoms with Gasteiger partial charge in [-0.3, -0.25) is 0 Å². The van der Waals surface area contributed by atoms with Crippen molar-refractivity contribution in [2.24, 2.45) is 0 Å². The van der Waals surface area contributed by atoms with Crippen molar-refractivity contribution < 1.29 is 14.3 Å². The minimum Gasteiger partial charge on any atom is -0.497 e. The standard InChI is InChI=1S/C17H16O3/c1-17(18,13-7-9-14(19-2)10-8-13)16-11-12-5-3-4-6-15(12)20-16/h3-11,18H,1-2H3. The van der Waals surface area contributed by atoms with Crippen molar-refractivity contribution in [2.45, 2.75) is 12.5 Å². The molecule has 0 bridgehead atoms. The summed E-state index contributed by atoms with van der Waals surface area (Å²) >= 11 is 0. The molecule has 3 rings (SSSR count). The van der Waals surface area contributed by atoms with E-state index >= 15 is 0 Å². The third-order valence-electron chi connectivity index (χ3n) is 3.56. The topological polar surface area (TPSA) is 42.6 Å². The summed E-state index contributed by atoms with van der Waals surface area (Å²) in [6.45, 7) is 1.73. The van der Waals surface area contributed by atoms with Gasteiger partial charge in [0.25, 0.3) is 0 Å². The second kappa shape index (κ2) is 4.69. The summed E-state index contributed by atoms with van der Waals surface area (Å²) in [6, 6.07) is 16.9. The van der Waals surface area contributed by atoms with Crippen LogP contribution >= 0.6 is 0 Å². The Labute approximate surface area is 117 Å². The summed E-state index contributed by atoms with van der Waals surface area (Å²) in [5.74, 6) is 1.29. The monoisotopic (exact) mass is 268 g/mol. The number of hydrogen-bond donors (Lipinski definition) is 1. The van der Waals surface area contributed by atoms with Gasteiger partial charge in [-0.2, -0.15) is 0 Å². The van der Waals surface area contributed by atoms with Gasteiger partial charge < -0.3 is 14.3 Å². The Morgan fingerprint density at radius 2 is 1.75 bits per heavy atom. The van der Waals surface area contributed by atoms with E-state index in [1.165, 1.54) is 0 Å². The normalized spacial score (nSPS) is 14.2. The highest BCUT2D eigenvalue weighted by Crippen LogP contribution is 2.33. The fourth-order valence-electron chi connectivity index (χ4n) is 2.28. The first-order chi connectivity index (χ1) is 9.61. The lowest BCUT2D eigenvalue weighted by atomic mass is 9.93. The van der Waals surface area contributed by atoms with Gasteiger partial charge in [-0.25, -0.2) is 0 Å². The van der Waals surface area contributed by atoms with E-state index in [9.17, 15) is 5.11 Å². The van der Waals surface area contributed by atoms with E-state index in [0.717, 1.165) is 22.3 Å². The van der Waals surface area contributed by atoms with Crippen LogP contribution in [0.5, 0.6) is 5.75 Å². The summed E-state index contributed by atoms with van der Waals surface area (Å²) in [5.41, 5.74) is 0.360. The van der Waals surface area contributed by atoms with Crippen LogP contribution in [-0.4, -0.2) is 12.2 Å². The maximum atomic E-state index is 10.8. The Bertz CT molecular complexity index is 690. The molecule has 0 spiro atoms. The fraction of sp³-hybridized carbons (Fsp3) is 0.176. The molecule has 0 amide bonds. The van der Waals surface area contributed by atoms with Gasteiger partial charge in [0, 0.05) is 5.39 Å². The lowest BCUT2D eigenvalue weighted by molar-refractivity contribution is 0.0786. The minimum atomic E-state index is -1.18. The van der Waals surface area contributed by atoms with Crippen molar-refractivity contribution in [2.75, 3.05) is 7.11 Å². The predicted molar refractivity (Wildman–Crippen MR) is 77.9 cm³/mol. The Kier molecular flexibility index (Phi) is 2.99. The minimum absolute atomic E-state index is 0.531. The van der Waals surface area contributed by atoms with E-state index in [1.807, 2.05) is 54.6 Å². The molecule has 102 valence electrons. The molecule has 0 aliphatic rings. The zero-order chi connectivity index (χ0) is 14.2. The van der Waals surface area contributed by atoms with Crippen LogP contribution in [0.2, 0.25) is 0 Å². The Morgan fingerprint density at radius 1 is 1.05 bits per heavy atom. The highest BCUT2D eigenvalue weighted by atomic mass is 16.5. The molecule has 0 fully saturated rings. The summed E-state index contributed by atoms with van der Waals surface area (Å²) in [7, 11) is 1.62. The Balaban J connectivity index is 2.04. The molecule has 1 aromatic heterocycles. The average Bonchev–Trinajstić information content (AvgIpc) is 2.92. The van der Waals surface area contributed by atoms with Crippen molar-refractivity contribution in [3.05, 3.63) is 65.9 Å². The van der Waals surface area contributed by atoms with Gasteiger partial charge in [-0.05, 0) is 36.8 Å². The van der Waals surface area contributed by atoms with Crippen molar-refractivity contribution >= 4 is 11.0 Å². The lowest BCUT2D eigenvalue weighted by Gasteiger charge is -2.21. The Hall–Kier alpha value is -2.26. The molecule has 20 heavy (non-hydrogen) atoms. The molecule has 3 nitrogen and oxygen atoms in total. The van der Waals surface area contributed by atoms with E-state index < -0.39 is 5.60 Å². The van der Waals surface area contributed by atoms with E-state index in [0.29, 0.717) is 5.76 Å². The average molecular weight is 268 g/mol. The van der Waals surface area contributed by atoms with Crippen molar-refractivity contribution in [3.63, 3.8) is 0 Å². The molecule has 1 N–H and O–H groups in total. The summed E-state index contributed by atoms with van der Waals surface area (Å²) in [4.78, 5) is 0. The fourth-order valence-corrected chi connectivity index (χ4v) is 2.28. The molecule has 1 atom stereocenters. The number of furan rings is 1. The third-order valence-corrected chi connectivity index (χ3v) is 3.56. The van der Waals surface area contributed by atoms with Crippen molar-refractivity contribution in [1.82, 2.24) is 0 Å². The lowest BCUT2D eigenvalue weighted by Crippen LogP contribution is -2.21. The van der Waals surface area contributed by atoms with Crippen LogP contribution in [0.3, 0.4) is 0 Å². The van der Waals surface area contributed by atoms with Gasteiger partial charge in [0.05, 0.1) is 7.11 Å². The number of rotatable bonds is 3. The SMILES string of the molecule is COc1ccc(C(C)(O)c2cc3ccccc3o2)cc1. The number of benzene rings is 2. The molecular formula is C17H16O3. The Morgan fingerprint density at radius 3 is 2.40 bits per heavy atom. The molecule has 3 aromatic rings. The van der Waals surface area contributed by atoms with Crippen molar-refractivity contribution in [1.29, 1.82) is 0 Å². The molecule has 0 saturated heterocycles. The van der Waals surface area contributed by atoms with Gasteiger partial charge in [0.2, 0.25) is 0 Å². The third kappa shape index (κ3) is 2.06. The number of hydrogen-bond acceptors (Lipinski definition) is 3. The van der Waals surface area contributed by atoms with Crippen LogP contribution < -0.4 is 4.74 Å². The molecule has 0 radical (unpaired) electrons. The highest BCUT2D eigenvalue weighted by Gasteiger charge is 2.29. The van der Waals surface area contributed by atoms with E-state index in [1.54, 1.807) is 14.0 Å². The molecule has 1 heterocycles. The van der Waals surface area contributed by atoms with Crippen LogP contribution in [0.15, 0.2) is 59.0 Å². The molecule has 0 aliphatic heterocycles. The first-order valence-corrected chi connectivity index (χ1v) is 6.47. The number of para-hydroxylation sites is 1. The second-order valence-electron chi connectivity index (χ2n) is 4.95.